The maximum atomic E-state index is 11.2. The second kappa shape index (κ2) is 6.17. The number of fused-ring (bicyclic) bond motifs is 1. The lowest BCUT2D eigenvalue weighted by Gasteiger charge is -2.04. The third-order valence-corrected chi connectivity index (χ3v) is 5.30. The molecule has 6 nitrogen and oxygen atoms in total. The summed E-state index contributed by atoms with van der Waals surface area (Å²) in [6.07, 6.45) is 1.50. The van der Waals surface area contributed by atoms with Crippen LogP contribution < -0.4 is 0 Å². The van der Waals surface area contributed by atoms with Gasteiger partial charge < -0.3 is 4.98 Å². The van der Waals surface area contributed by atoms with E-state index in [0.29, 0.717) is 16.8 Å². The fourth-order valence-electron chi connectivity index (χ4n) is 2.41. The van der Waals surface area contributed by atoms with Crippen LogP contribution in [-0.2, 0) is 0 Å². The van der Waals surface area contributed by atoms with E-state index in [1.807, 2.05) is 6.07 Å². The highest BCUT2D eigenvalue weighted by atomic mass is 127. The van der Waals surface area contributed by atoms with E-state index in [4.69, 9.17) is 5.26 Å². The summed E-state index contributed by atoms with van der Waals surface area (Å²) in [6, 6.07) is 8.96. The largest absolute Gasteiger partial charge is 0.333 e. The molecule has 0 saturated carbocycles. The Morgan fingerprint density at radius 1 is 1.43 bits per heavy atom. The van der Waals surface area contributed by atoms with Gasteiger partial charge in [-0.2, -0.15) is 5.26 Å². The molecule has 0 fully saturated rings. The number of nitriles is 1. The van der Waals surface area contributed by atoms with E-state index in [0.717, 1.165) is 21.5 Å². The predicted octanol–water partition coefficient (Wildman–Crippen LogP) is 4.76. The molecule has 3 aromatic rings. The molecule has 23 heavy (non-hydrogen) atoms. The van der Waals surface area contributed by atoms with Crippen molar-refractivity contribution in [1.29, 1.82) is 5.26 Å². The van der Waals surface area contributed by atoms with Gasteiger partial charge in [0.15, 0.2) is 0 Å². The fraction of sp³-hybridized carbons (Fsp3) is 0.0667. The van der Waals surface area contributed by atoms with Crippen LogP contribution in [0.25, 0.3) is 22.2 Å². The molecule has 0 aliphatic heterocycles. The molecule has 0 aliphatic carbocycles. The Morgan fingerprint density at radius 3 is 2.87 bits per heavy atom. The number of rotatable bonds is 3. The lowest BCUT2D eigenvalue weighted by molar-refractivity contribution is -0.385. The van der Waals surface area contributed by atoms with E-state index in [1.165, 1.54) is 15.1 Å². The number of nitro groups is 1. The highest BCUT2D eigenvalue weighted by molar-refractivity contribution is 14.2. The van der Waals surface area contributed by atoms with Crippen LogP contribution >= 0.6 is 30.1 Å². The van der Waals surface area contributed by atoms with Crippen molar-refractivity contribution in [2.45, 2.75) is 11.9 Å². The Kier molecular flexibility index (Phi) is 4.23. The minimum Gasteiger partial charge on any atom is -0.333 e. The van der Waals surface area contributed by atoms with Gasteiger partial charge in [0.1, 0.15) is 11.7 Å². The first-order valence-electron chi connectivity index (χ1n) is 6.51. The van der Waals surface area contributed by atoms with Gasteiger partial charge in [-0.15, -0.1) is 0 Å². The van der Waals surface area contributed by atoms with E-state index in [2.05, 4.69) is 37.2 Å². The number of aryl methyl sites for hydroxylation is 1. The van der Waals surface area contributed by atoms with Crippen LogP contribution in [0.3, 0.4) is 0 Å². The van der Waals surface area contributed by atoms with Crippen molar-refractivity contribution in [2.75, 3.05) is 0 Å². The Balaban J connectivity index is 2.32. The fourth-order valence-corrected chi connectivity index (χ4v) is 3.85. The highest BCUT2D eigenvalue weighted by Crippen LogP contribution is 2.41. The van der Waals surface area contributed by atoms with E-state index >= 15 is 0 Å². The molecule has 0 spiro atoms. The topological polar surface area (TPSA) is 95.6 Å². The van der Waals surface area contributed by atoms with Crippen molar-refractivity contribution in [1.82, 2.24) is 9.97 Å². The van der Waals surface area contributed by atoms with E-state index in [9.17, 15) is 10.1 Å². The van der Waals surface area contributed by atoms with Gasteiger partial charge in [0.25, 0.3) is 5.69 Å². The smallest absolute Gasteiger partial charge is 0.272 e. The van der Waals surface area contributed by atoms with Gasteiger partial charge in [-0.05, 0) is 27.5 Å². The van der Waals surface area contributed by atoms with Gasteiger partial charge in [0.05, 0.1) is 15.5 Å². The van der Waals surface area contributed by atoms with Crippen LogP contribution in [0.15, 0.2) is 35.5 Å². The molecule has 8 heteroatoms. The van der Waals surface area contributed by atoms with Gasteiger partial charge >= 0.3 is 0 Å². The number of nitrogens with one attached hydrogen (secondary N) is 1. The van der Waals surface area contributed by atoms with Crippen LogP contribution in [-0.4, -0.2) is 14.9 Å². The molecule has 0 amide bonds. The summed E-state index contributed by atoms with van der Waals surface area (Å²) < 4.78 is 0. The SMILES string of the molecule is Cc1ccc(-c2c(SI)[nH]c3ncc(C#N)cc23)cc1[N+](=O)[O-]. The Morgan fingerprint density at radius 2 is 2.22 bits per heavy atom. The zero-order valence-corrected chi connectivity index (χ0v) is 14.8. The zero-order valence-electron chi connectivity index (χ0n) is 11.8. The van der Waals surface area contributed by atoms with Gasteiger partial charge in [-0.3, -0.25) is 10.1 Å². The van der Waals surface area contributed by atoms with Gasteiger partial charge in [-0.25, -0.2) is 4.98 Å². The molecule has 1 aromatic carbocycles. The molecule has 2 aromatic heterocycles. The first-order chi connectivity index (χ1) is 11.0. The number of pyridine rings is 1. The molecular formula is C15H9IN4O2S. The molecule has 0 radical (unpaired) electrons. The first-order valence-corrected chi connectivity index (χ1v) is 9.87. The molecule has 0 bridgehead atoms. The molecule has 2 heterocycles. The van der Waals surface area contributed by atoms with Crippen molar-refractivity contribution >= 4 is 46.9 Å². The summed E-state index contributed by atoms with van der Waals surface area (Å²) in [4.78, 5) is 18.3. The predicted molar refractivity (Wildman–Crippen MR) is 97.5 cm³/mol. The molecule has 0 unspecified atom stereocenters. The summed E-state index contributed by atoms with van der Waals surface area (Å²) in [7, 11) is 1.47. The highest BCUT2D eigenvalue weighted by Gasteiger charge is 2.18. The molecule has 3 rings (SSSR count). The summed E-state index contributed by atoms with van der Waals surface area (Å²) >= 11 is 2.15. The van der Waals surface area contributed by atoms with Gasteiger partial charge in [0, 0.05) is 50.0 Å². The Hall–Kier alpha value is -2.12. The van der Waals surface area contributed by atoms with Crippen molar-refractivity contribution in [3.8, 4) is 17.2 Å². The number of aromatic nitrogens is 2. The van der Waals surface area contributed by atoms with Crippen LogP contribution in [0.1, 0.15) is 11.1 Å². The quantitative estimate of drug-likeness (QED) is 0.363. The number of nitro benzene ring substituents is 1. The molecular weight excluding hydrogens is 427 g/mol. The van der Waals surface area contributed by atoms with Crippen molar-refractivity contribution < 1.29 is 4.92 Å². The number of nitrogens with zero attached hydrogens (tertiary/aromatic N) is 3. The molecule has 114 valence electrons. The van der Waals surface area contributed by atoms with Gasteiger partial charge in [-0.1, -0.05) is 12.1 Å². The number of aromatic amines is 1. The third-order valence-electron chi connectivity index (χ3n) is 3.52. The second-order valence-electron chi connectivity index (χ2n) is 4.90. The zero-order chi connectivity index (χ0) is 16.6. The monoisotopic (exact) mass is 436 g/mol. The summed E-state index contributed by atoms with van der Waals surface area (Å²) in [5.41, 5.74) is 3.34. The molecule has 0 atom stereocenters. The van der Waals surface area contributed by atoms with E-state index in [1.54, 1.807) is 25.1 Å². The molecule has 0 saturated heterocycles. The normalized spacial score (nSPS) is 10.7. The molecule has 1 N–H and O–H groups in total. The van der Waals surface area contributed by atoms with Gasteiger partial charge in [0.2, 0.25) is 0 Å². The van der Waals surface area contributed by atoms with Crippen molar-refractivity contribution in [2.24, 2.45) is 0 Å². The van der Waals surface area contributed by atoms with E-state index < -0.39 is 0 Å². The number of H-pyrrole nitrogens is 1. The average molecular weight is 436 g/mol. The standard InChI is InChI=1S/C15H9IN4O2S/c1-8-2-3-10(5-12(8)20(21)22)13-11-4-9(6-17)7-18-14(11)19-15(13)23-16/h2-5,7H,1H3,(H,18,19). The van der Waals surface area contributed by atoms with E-state index in [-0.39, 0.29) is 10.6 Å². The number of benzene rings is 1. The van der Waals surface area contributed by atoms with Crippen LogP contribution in [0.5, 0.6) is 0 Å². The maximum absolute atomic E-state index is 11.2. The summed E-state index contributed by atoms with van der Waals surface area (Å²) in [5, 5.41) is 21.9. The number of hydrogen-bond acceptors (Lipinski definition) is 5. The minimum atomic E-state index is -0.385. The van der Waals surface area contributed by atoms with Crippen LogP contribution in [0.2, 0.25) is 0 Å². The number of hydrogen-bond donors (Lipinski definition) is 1. The van der Waals surface area contributed by atoms with Crippen molar-refractivity contribution in [3.63, 3.8) is 0 Å². The minimum absolute atomic E-state index is 0.0747. The second-order valence-corrected chi connectivity index (χ2v) is 6.78. The summed E-state index contributed by atoms with van der Waals surface area (Å²) in [6.45, 7) is 1.71. The lowest BCUT2D eigenvalue weighted by atomic mass is 10.0. The third kappa shape index (κ3) is 2.77. The summed E-state index contributed by atoms with van der Waals surface area (Å²) in [5.74, 6) is 0. The Bertz CT molecular complexity index is 978. The lowest BCUT2D eigenvalue weighted by Crippen LogP contribution is -1.92. The first kappa shape index (κ1) is 15.8. The van der Waals surface area contributed by atoms with Crippen LogP contribution in [0, 0.1) is 28.4 Å². The molecule has 0 aliphatic rings. The van der Waals surface area contributed by atoms with Crippen molar-refractivity contribution in [3.05, 3.63) is 51.7 Å². The number of halogens is 1. The Labute approximate surface area is 147 Å². The van der Waals surface area contributed by atoms with Crippen LogP contribution in [0.4, 0.5) is 5.69 Å². The average Bonchev–Trinajstić information content (AvgIpc) is 2.92. The maximum Gasteiger partial charge on any atom is 0.272 e.